The number of aliphatic hydroxyl groups is 1. The van der Waals surface area contributed by atoms with Crippen LogP contribution in [0, 0.1) is 0 Å². The molecular weight excluding hydrogens is 306 g/mol. The first-order valence-corrected chi connectivity index (χ1v) is 7.60. The van der Waals surface area contributed by atoms with Gasteiger partial charge in [-0.1, -0.05) is 0 Å². The molecule has 0 radical (unpaired) electrons. The first-order chi connectivity index (χ1) is 9.61. The van der Waals surface area contributed by atoms with E-state index >= 15 is 0 Å². The van der Waals surface area contributed by atoms with Crippen molar-refractivity contribution >= 4 is 28.6 Å². The number of carbonyl (C=O) groups is 1. The fourth-order valence-electron chi connectivity index (χ4n) is 1.62. The quantitative estimate of drug-likeness (QED) is 0.890. The van der Waals surface area contributed by atoms with Crippen LogP contribution in [-0.2, 0) is 0 Å². The number of thiazole rings is 1. The number of thiophene rings is 1. The molecule has 8 heteroatoms. The number of hydrogen-bond acceptors (Lipinski definition) is 5. The van der Waals surface area contributed by atoms with Crippen LogP contribution in [0.15, 0.2) is 22.2 Å². The van der Waals surface area contributed by atoms with Crippen molar-refractivity contribution in [2.24, 2.45) is 0 Å². The third-order valence-electron chi connectivity index (χ3n) is 2.51. The van der Waals surface area contributed by atoms with E-state index in [1.54, 1.807) is 5.38 Å². The van der Waals surface area contributed by atoms with Gasteiger partial charge in [-0.05, 0) is 11.4 Å². The van der Waals surface area contributed by atoms with Crippen LogP contribution in [0.5, 0.6) is 0 Å². The summed E-state index contributed by atoms with van der Waals surface area (Å²) >= 11 is 2.80. The SMILES string of the molecule is O=C(c1csc(-c2ccsc2)n1)N(CCO)CC(F)F. The maximum atomic E-state index is 12.4. The number of rotatable bonds is 6. The molecule has 0 spiro atoms. The first-order valence-electron chi connectivity index (χ1n) is 5.78. The molecule has 0 aliphatic carbocycles. The summed E-state index contributed by atoms with van der Waals surface area (Å²) in [5.74, 6) is -0.586. The molecule has 0 aliphatic rings. The van der Waals surface area contributed by atoms with Gasteiger partial charge < -0.3 is 10.0 Å². The van der Waals surface area contributed by atoms with Crippen molar-refractivity contribution in [1.82, 2.24) is 9.88 Å². The fourth-order valence-corrected chi connectivity index (χ4v) is 3.12. The number of aromatic nitrogens is 1. The van der Waals surface area contributed by atoms with Crippen molar-refractivity contribution in [2.45, 2.75) is 6.43 Å². The van der Waals surface area contributed by atoms with Gasteiger partial charge in [0.2, 0.25) is 0 Å². The van der Waals surface area contributed by atoms with Gasteiger partial charge in [0.05, 0.1) is 13.2 Å². The molecule has 0 saturated carbocycles. The van der Waals surface area contributed by atoms with E-state index in [2.05, 4.69) is 4.98 Å². The molecule has 0 bridgehead atoms. The molecule has 0 aromatic carbocycles. The molecule has 1 amide bonds. The van der Waals surface area contributed by atoms with Crippen LogP contribution in [-0.4, -0.2) is 47.0 Å². The highest BCUT2D eigenvalue weighted by atomic mass is 32.1. The van der Waals surface area contributed by atoms with Crippen LogP contribution in [0.3, 0.4) is 0 Å². The summed E-state index contributed by atoms with van der Waals surface area (Å²) in [6, 6.07) is 1.88. The van der Waals surface area contributed by atoms with Gasteiger partial charge in [0, 0.05) is 22.9 Å². The van der Waals surface area contributed by atoms with E-state index in [0.717, 1.165) is 10.5 Å². The van der Waals surface area contributed by atoms with Gasteiger partial charge in [0.25, 0.3) is 12.3 Å². The van der Waals surface area contributed by atoms with E-state index in [1.165, 1.54) is 22.7 Å². The number of halogens is 2. The standard InChI is InChI=1S/C12H12F2N2O2S2/c13-10(14)5-16(2-3-17)12(18)9-7-20-11(15-9)8-1-4-19-6-8/h1,4,6-7,10,17H,2-3,5H2. The molecule has 0 unspecified atom stereocenters. The van der Waals surface area contributed by atoms with E-state index in [1.807, 2.05) is 16.8 Å². The summed E-state index contributed by atoms with van der Waals surface area (Å²) in [6.07, 6.45) is -2.64. The molecule has 2 aromatic rings. The van der Waals surface area contributed by atoms with Crippen molar-refractivity contribution in [3.8, 4) is 10.6 Å². The smallest absolute Gasteiger partial charge is 0.273 e. The highest BCUT2D eigenvalue weighted by Gasteiger charge is 2.21. The summed E-state index contributed by atoms with van der Waals surface area (Å²) in [4.78, 5) is 17.2. The van der Waals surface area contributed by atoms with Crippen LogP contribution < -0.4 is 0 Å². The lowest BCUT2D eigenvalue weighted by Gasteiger charge is -2.19. The third-order valence-corrected chi connectivity index (χ3v) is 4.08. The largest absolute Gasteiger partial charge is 0.395 e. The zero-order chi connectivity index (χ0) is 14.5. The molecule has 2 aromatic heterocycles. The predicted octanol–water partition coefficient (Wildman–Crippen LogP) is 2.57. The predicted molar refractivity (Wildman–Crippen MR) is 74.4 cm³/mol. The Labute approximate surface area is 122 Å². The Morgan fingerprint density at radius 1 is 1.45 bits per heavy atom. The second-order valence-corrected chi connectivity index (χ2v) is 5.55. The van der Waals surface area contributed by atoms with E-state index in [0.29, 0.717) is 5.01 Å². The first kappa shape index (κ1) is 15.0. The van der Waals surface area contributed by atoms with Gasteiger partial charge in [-0.25, -0.2) is 13.8 Å². The lowest BCUT2D eigenvalue weighted by atomic mass is 10.3. The second kappa shape index (κ2) is 6.87. The van der Waals surface area contributed by atoms with E-state index < -0.39 is 18.9 Å². The summed E-state index contributed by atoms with van der Waals surface area (Å²) in [6.45, 7) is -1.20. The topological polar surface area (TPSA) is 53.4 Å². The monoisotopic (exact) mass is 318 g/mol. The molecule has 2 rings (SSSR count). The minimum atomic E-state index is -2.64. The van der Waals surface area contributed by atoms with Crippen LogP contribution in [0.25, 0.3) is 10.6 Å². The maximum Gasteiger partial charge on any atom is 0.273 e. The number of amides is 1. The van der Waals surface area contributed by atoms with E-state index in [9.17, 15) is 13.6 Å². The molecule has 0 saturated heterocycles. The van der Waals surface area contributed by atoms with Crippen LogP contribution >= 0.6 is 22.7 Å². The normalized spacial score (nSPS) is 11.0. The molecule has 1 N–H and O–H groups in total. The summed E-state index contributed by atoms with van der Waals surface area (Å²) in [5, 5.41) is 14.9. The van der Waals surface area contributed by atoms with Crippen LogP contribution in [0.4, 0.5) is 8.78 Å². The minimum absolute atomic E-state index is 0.130. The summed E-state index contributed by atoms with van der Waals surface area (Å²) in [7, 11) is 0. The van der Waals surface area contributed by atoms with Crippen molar-refractivity contribution in [3.05, 3.63) is 27.9 Å². The van der Waals surface area contributed by atoms with Gasteiger partial charge in [0.1, 0.15) is 10.7 Å². The lowest BCUT2D eigenvalue weighted by molar-refractivity contribution is 0.0505. The Hall–Kier alpha value is -1.38. The molecule has 0 aliphatic heterocycles. The number of hydrogen-bond donors (Lipinski definition) is 1. The highest BCUT2D eigenvalue weighted by Crippen LogP contribution is 2.26. The zero-order valence-corrected chi connectivity index (χ0v) is 12.0. The van der Waals surface area contributed by atoms with E-state index in [4.69, 9.17) is 5.11 Å². The molecule has 2 heterocycles. The average molecular weight is 318 g/mol. The Balaban J connectivity index is 2.15. The molecule has 0 fully saturated rings. The van der Waals surface area contributed by atoms with Crippen LogP contribution in [0.2, 0.25) is 0 Å². The summed E-state index contributed by atoms with van der Waals surface area (Å²) < 4.78 is 24.8. The molecule has 20 heavy (non-hydrogen) atoms. The Kier molecular flexibility index (Phi) is 5.16. The maximum absolute atomic E-state index is 12.4. The fraction of sp³-hybridized carbons (Fsp3) is 0.333. The molecule has 4 nitrogen and oxygen atoms in total. The third kappa shape index (κ3) is 3.59. The summed E-state index contributed by atoms with van der Waals surface area (Å²) in [5.41, 5.74) is 1.03. The Morgan fingerprint density at radius 2 is 2.25 bits per heavy atom. The number of carbonyl (C=O) groups excluding carboxylic acids is 1. The zero-order valence-electron chi connectivity index (χ0n) is 10.3. The van der Waals surface area contributed by atoms with Gasteiger partial charge in [-0.15, -0.1) is 11.3 Å². The number of aliphatic hydroxyl groups excluding tert-OH is 1. The molecule has 0 atom stereocenters. The lowest BCUT2D eigenvalue weighted by Crippen LogP contribution is -2.37. The van der Waals surface area contributed by atoms with Gasteiger partial charge >= 0.3 is 0 Å². The van der Waals surface area contributed by atoms with Gasteiger partial charge in [-0.3, -0.25) is 4.79 Å². The molecule has 108 valence electrons. The highest BCUT2D eigenvalue weighted by molar-refractivity contribution is 7.14. The second-order valence-electron chi connectivity index (χ2n) is 3.92. The average Bonchev–Trinajstić information content (AvgIpc) is 3.07. The van der Waals surface area contributed by atoms with E-state index in [-0.39, 0.29) is 18.8 Å². The number of nitrogens with zero attached hydrogens (tertiary/aromatic N) is 2. The Bertz CT molecular complexity index is 558. The van der Waals surface area contributed by atoms with Crippen LogP contribution in [0.1, 0.15) is 10.5 Å². The van der Waals surface area contributed by atoms with Crippen molar-refractivity contribution in [1.29, 1.82) is 0 Å². The van der Waals surface area contributed by atoms with Gasteiger partial charge in [0.15, 0.2) is 0 Å². The van der Waals surface area contributed by atoms with Gasteiger partial charge in [-0.2, -0.15) is 11.3 Å². The Morgan fingerprint density at radius 3 is 2.85 bits per heavy atom. The molecular formula is C12H12F2N2O2S2. The van der Waals surface area contributed by atoms with Crippen molar-refractivity contribution in [2.75, 3.05) is 19.7 Å². The number of alkyl halides is 2. The van der Waals surface area contributed by atoms with Crippen molar-refractivity contribution in [3.63, 3.8) is 0 Å². The van der Waals surface area contributed by atoms with Crippen molar-refractivity contribution < 1.29 is 18.7 Å². The minimum Gasteiger partial charge on any atom is -0.395 e.